The Morgan fingerprint density at radius 3 is 2.71 bits per heavy atom. The number of aromatic nitrogens is 1. The molecule has 3 aromatic rings. The molecule has 0 atom stereocenters. The zero-order valence-corrected chi connectivity index (χ0v) is 12.3. The number of fused-ring (bicyclic) bond motifs is 1. The molecular formula is C17H14ClNO2. The number of esters is 1. The highest BCUT2D eigenvalue weighted by molar-refractivity contribution is 6.31. The number of halogens is 1. The second-order valence-electron chi connectivity index (χ2n) is 4.88. The van der Waals surface area contributed by atoms with Crippen molar-refractivity contribution in [1.29, 1.82) is 0 Å². The number of aryl methyl sites for hydroxylation is 1. The van der Waals surface area contributed by atoms with Crippen molar-refractivity contribution in [2.45, 2.75) is 13.5 Å². The molecule has 0 spiro atoms. The number of benzene rings is 2. The van der Waals surface area contributed by atoms with E-state index >= 15 is 0 Å². The van der Waals surface area contributed by atoms with Crippen LogP contribution in [0.15, 0.2) is 48.5 Å². The number of carbonyl (C=O) groups excluding carboxylic acids is 1. The predicted molar refractivity (Wildman–Crippen MR) is 83.6 cm³/mol. The minimum Gasteiger partial charge on any atom is -0.456 e. The minimum atomic E-state index is -0.358. The van der Waals surface area contributed by atoms with E-state index in [-0.39, 0.29) is 12.6 Å². The molecule has 0 saturated heterocycles. The first-order valence-electron chi connectivity index (χ1n) is 6.64. The molecule has 0 aliphatic heterocycles. The van der Waals surface area contributed by atoms with Gasteiger partial charge in [-0.25, -0.2) is 4.79 Å². The van der Waals surface area contributed by atoms with Crippen LogP contribution in [-0.2, 0) is 11.3 Å². The smallest absolute Gasteiger partial charge is 0.355 e. The molecule has 0 aliphatic carbocycles. The van der Waals surface area contributed by atoms with Crippen LogP contribution >= 0.6 is 11.6 Å². The van der Waals surface area contributed by atoms with Crippen LogP contribution in [0.25, 0.3) is 10.9 Å². The third kappa shape index (κ3) is 2.78. The van der Waals surface area contributed by atoms with Crippen LogP contribution in [-0.4, -0.2) is 11.0 Å². The number of carbonyl (C=O) groups is 1. The third-order valence-electron chi connectivity index (χ3n) is 3.44. The van der Waals surface area contributed by atoms with E-state index in [2.05, 4.69) is 4.98 Å². The molecule has 4 heteroatoms. The summed E-state index contributed by atoms with van der Waals surface area (Å²) in [6, 6.07) is 15.1. The van der Waals surface area contributed by atoms with E-state index in [9.17, 15) is 4.79 Å². The topological polar surface area (TPSA) is 42.1 Å². The molecule has 0 saturated carbocycles. The van der Waals surface area contributed by atoms with Gasteiger partial charge in [-0.3, -0.25) is 0 Å². The van der Waals surface area contributed by atoms with Crippen molar-refractivity contribution >= 4 is 28.5 Å². The van der Waals surface area contributed by atoms with Crippen molar-refractivity contribution in [3.63, 3.8) is 0 Å². The molecular weight excluding hydrogens is 286 g/mol. The number of H-pyrrole nitrogens is 1. The van der Waals surface area contributed by atoms with Gasteiger partial charge >= 0.3 is 5.97 Å². The van der Waals surface area contributed by atoms with E-state index in [0.29, 0.717) is 10.7 Å². The molecule has 106 valence electrons. The Morgan fingerprint density at radius 2 is 1.95 bits per heavy atom. The quantitative estimate of drug-likeness (QED) is 0.724. The number of aromatic amines is 1. The van der Waals surface area contributed by atoms with E-state index < -0.39 is 0 Å². The van der Waals surface area contributed by atoms with Crippen LogP contribution in [0.2, 0.25) is 5.02 Å². The lowest BCUT2D eigenvalue weighted by atomic mass is 10.1. The molecule has 3 nitrogen and oxygen atoms in total. The Labute approximate surface area is 127 Å². The number of hydrogen-bond donors (Lipinski definition) is 1. The van der Waals surface area contributed by atoms with E-state index in [0.717, 1.165) is 22.0 Å². The Morgan fingerprint density at radius 1 is 1.19 bits per heavy atom. The number of nitrogens with one attached hydrogen (secondary N) is 1. The highest BCUT2D eigenvalue weighted by Crippen LogP contribution is 2.25. The summed E-state index contributed by atoms with van der Waals surface area (Å²) < 4.78 is 5.35. The van der Waals surface area contributed by atoms with Crippen molar-refractivity contribution in [2.24, 2.45) is 0 Å². The van der Waals surface area contributed by atoms with Gasteiger partial charge in [-0.1, -0.05) is 41.9 Å². The van der Waals surface area contributed by atoms with Crippen LogP contribution in [0.3, 0.4) is 0 Å². The van der Waals surface area contributed by atoms with Gasteiger partial charge in [-0.05, 0) is 36.2 Å². The van der Waals surface area contributed by atoms with Crippen molar-refractivity contribution in [3.8, 4) is 0 Å². The maximum Gasteiger partial charge on any atom is 0.355 e. The normalized spacial score (nSPS) is 10.8. The van der Waals surface area contributed by atoms with Gasteiger partial charge in [-0.2, -0.15) is 0 Å². The summed E-state index contributed by atoms with van der Waals surface area (Å²) in [7, 11) is 0. The van der Waals surface area contributed by atoms with Crippen molar-refractivity contribution in [1.82, 2.24) is 4.98 Å². The molecule has 1 aromatic heterocycles. The van der Waals surface area contributed by atoms with Crippen LogP contribution in [0.1, 0.15) is 21.6 Å². The minimum absolute atomic E-state index is 0.259. The van der Waals surface area contributed by atoms with Gasteiger partial charge in [0.2, 0.25) is 0 Å². The number of hydrogen-bond acceptors (Lipinski definition) is 2. The largest absolute Gasteiger partial charge is 0.456 e. The molecule has 3 rings (SSSR count). The first-order chi connectivity index (χ1) is 10.1. The summed E-state index contributed by atoms with van der Waals surface area (Å²) >= 11 is 5.99. The molecule has 0 amide bonds. The Balaban J connectivity index is 1.83. The molecule has 1 N–H and O–H groups in total. The first-order valence-corrected chi connectivity index (χ1v) is 7.02. The SMILES string of the molecule is Cc1c(C(=O)OCc2ccccc2)[nH]c2ccc(Cl)cc12. The molecule has 0 fully saturated rings. The van der Waals surface area contributed by atoms with Gasteiger partial charge < -0.3 is 9.72 Å². The van der Waals surface area contributed by atoms with E-state index in [1.165, 1.54) is 0 Å². The summed E-state index contributed by atoms with van der Waals surface area (Å²) in [5.41, 5.74) is 3.17. The molecule has 21 heavy (non-hydrogen) atoms. The second kappa shape index (κ2) is 5.62. The van der Waals surface area contributed by atoms with Gasteiger partial charge in [-0.15, -0.1) is 0 Å². The van der Waals surface area contributed by atoms with Crippen LogP contribution in [0.5, 0.6) is 0 Å². The maximum atomic E-state index is 12.2. The molecule has 0 unspecified atom stereocenters. The summed E-state index contributed by atoms with van der Waals surface area (Å²) in [6.07, 6.45) is 0. The fourth-order valence-electron chi connectivity index (χ4n) is 2.30. The maximum absolute atomic E-state index is 12.2. The highest BCUT2D eigenvalue weighted by Gasteiger charge is 2.16. The predicted octanol–water partition coefficient (Wildman–Crippen LogP) is 4.49. The first kappa shape index (κ1) is 13.7. The van der Waals surface area contributed by atoms with E-state index in [1.54, 1.807) is 6.07 Å². The van der Waals surface area contributed by atoms with Crippen molar-refractivity contribution in [2.75, 3.05) is 0 Å². The molecule has 0 aliphatic rings. The lowest BCUT2D eigenvalue weighted by Crippen LogP contribution is -2.07. The third-order valence-corrected chi connectivity index (χ3v) is 3.67. The van der Waals surface area contributed by atoms with Gasteiger partial charge in [0.15, 0.2) is 0 Å². The zero-order chi connectivity index (χ0) is 14.8. The number of ether oxygens (including phenoxy) is 1. The Hall–Kier alpha value is -2.26. The Kier molecular flexibility index (Phi) is 3.67. The van der Waals surface area contributed by atoms with Crippen molar-refractivity contribution < 1.29 is 9.53 Å². The average molecular weight is 300 g/mol. The van der Waals surface area contributed by atoms with Gasteiger partial charge in [0.05, 0.1) is 0 Å². The van der Waals surface area contributed by atoms with E-state index in [1.807, 2.05) is 49.4 Å². The summed E-state index contributed by atoms with van der Waals surface area (Å²) in [6.45, 7) is 2.14. The second-order valence-corrected chi connectivity index (χ2v) is 5.31. The standard InChI is InChI=1S/C17H14ClNO2/c1-11-14-9-13(18)7-8-15(14)19-16(11)17(20)21-10-12-5-3-2-4-6-12/h2-9,19H,10H2,1H3. The van der Waals surface area contributed by atoms with Crippen LogP contribution in [0, 0.1) is 6.92 Å². The molecule has 1 heterocycles. The lowest BCUT2D eigenvalue weighted by Gasteiger charge is -2.04. The van der Waals surface area contributed by atoms with Gasteiger partial charge in [0, 0.05) is 15.9 Å². The van der Waals surface area contributed by atoms with Crippen LogP contribution < -0.4 is 0 Å². The molecule has 2 aromatic carbocycles. The zero-order valence-electron chi connectivity index (χ0n) is 11.5. The average Bonchev–Trinajstić information content (AvgIpc) is 2.83. The molecule has 0 radical (unpaired) electrons. The number of rotatable bonds is 3. The van der Waals surface area contributed by atoms with Crippen molar-refractivity contribution in [3.05, 3.63) is 70.4 Å². The fraction of sp³-hybridized carbons (Fsp3) is 0.118. The summed E-state index contributed by atoms with van der Waals surface area (Å²) in [5.74, 6) is -0.358. The van der Waals surface area contributed by atoms with E-state index in [4.69, 9.17) is 16.3 Å². The fourth-order valence-corrected chi connectivity index (χ4v) is 2.47. The molecule has 0 bridgehead atoms. The summed E-state index contributed by atoms with van der Waals surface area (Å²) in [4.78, 5) is 15.3. The van der Waals surface area contributed by atoms with Gasteiger partial charge in [0.1, 0.15) is 12.3 Å². The van der Waals surface area contributed by atoms with Crippen LogP contribution in [0.4, 0.5) is 0 Å². The lowest BCUT2D eigenvalue weighted by molar-refractivity contribution is 0.0466. The van der Waals surface area contributed by atoms with Gasteiger partial charge in [0.25, 0.3) is 0 Å². The summed E-state index contributed by atoms with van der Waals surface area (Å²) in [5, 5.41) is 1.59. The highest BCUT2D eigenvalue weighted by atomic mass is 35.5. The monoisotopic (exact) mass is 299 g/mol. The Bertz CT molecular complexity index is 793.